The zero-order chi connectivity index (χ0) is 16.4. The van der Waals surface area contributed by atoms with E-state index in [-0.39, 0.29) is 11.7 Å². The zero-order valence-electron chi connectivity index (χ0n) is 12.9. The molecule has 2 heterocycles. The molecule has 2 N–H and O–H groups in total. The number of rotatable bonds is 4. The third-order valence-electron chi connectivity index (χ3n) is 3.61. The van der Waals surface area contributed by atoms with Gasteiger partial charge in [-0.25, -0.2) is 4.98 Å². The van der Waals surface area contributed by atoms with E-state index >= 15 is 0 Å². The van der Waals surface area contributed by atoms with Gasteiger partial charge in [0.2, 0.25) is 0 Å². The summed E-state index contributed by atoms with van der Waals surface area (Å²) in [5.74, 6) is 0.290. The van der Waals surface area contributed by atoms with E-state index in [2.05, 4.69) is 10.3 Å². The van der Waals surface area contributed by atoms with Gasteiger partial charge in [-0.15, -0.1) is 0 Å². The SMILES string of the molecule is CCc1nc2c(OC)cccn2c1C(=O)Nc1ccccc1O. The molecule has 3 aromatic rings. The summed E-state index contributed by atoms with van der Waals surface area (Å²) in [7, 11) is 1.57. The summed E-state index contributed by atoms with van der Waals surface area (Å²) < 4.78 is 7.00. The van der Waals surface area contributed by atoms with Crippen LogP contribution in [0.3, 0.4) is 0 Å². The van der Waals surface area contributed by atoms with Crippen LogP contribution in [0, 0.1) is 0 Å². The molecule has 118 valence electrons. The van der Waals surface area contributed by atoms with Crippen LogP contribution in [0.25, 0.3) is 5.65 Å². The number of methoxy groups -OCH3 is 1. The van der Waals surface area contributed by atoms with Crippen molar-refractivity contribution in [3.8, 4) is 11.5 Å². The normalized spacial score (nSPS) is 10.7. The number of amides is 1. The molecule has 0 atom stereocenters. The van der Waals surface area contributed by atoms with Crippen molar-refractivity contribution in [2.45, 2.75) is 13.3 Å². The minimum Gasteiger partial charge on any atom is -0.506 e. The fourth-order valence-corrected chi connectivity index (χ4v) is 2.50. The molecule has 1 amide bonds. The highest BCUT2D eigenvalue weighted by Gasteiger charge is 2.20. The van der Waals surface area contributed by atoms with Crippen LogP contribution < -0.4 is 10.1 Å². The molecule has 0 fully saturated rings. The second kappa shape index (κ2) is 6.00. The number of imidazole rings is 1. The minimum absolute atomic E-state index is 0.0188. The van der Waals surface area contributed by atoms with E-state index < -0.39 is 0 Å². The number of anilines is 1. The number of carbonyl (C=O) groups is 1. The Balaban J connectivity index is 2.08. The standard InChI is InChI=1S/C17H17N3O3/c1-3-11-15(17(22)19-12-7-4-5-8-13(12)21)20-10-6-9-14(23-2)16(20)18-11/h4-10,21H,3H2,1-2H3,(H,19,22). The second-order valence-corrected chi connectivity index (χ2v) is 5.00. The van der Waals surface area contributed by atoms with Crippen molar-refractivity contribution in [2.75, 3.05) is 12.4 Å². The lowest BCUT2D eigenvalue weighted by Crippen LogP contribution is -2.16. The van der Waals surface area contributed by atoms with Gasteiger partial charge in [-0.2, -0.15) is 0 Å². The summed E-state index contributed by atoms with van der Waals surface area (Å²) in [5.41, 5.74) is 2.05. The van der Waals surface area contributed by atoms with Crippen LogP contribution in [-0.2, 0) is 6.42 Å². The highest BCUT2D eigenvalue weighted by Crippen LogP contribution is 2.25. The van der Waals surface area contributed by atoms with Gasteiger partial charge in [0.15, 0.2) is 11.4 Å². The van der Waals surface area contributed by atoms with Crippen LogP contribution in [0.2, 0.25) is 0 Å². The van der Waals surface area contributed by atoms with E-state index in [0.717, 1.165) is 0 Å². The Kier molecular flexibility index (Phi) is 3.89. The number of carbonyl (C=O) groups excluding carboxylic acids is 1. The number of fused-ring (bicyclic) bond motifs is 1. The molecule has 0 aliphatic heterocycles. The fourth-order valence-electron chi connectivity index (χ4n) is 2.50. The van der Waals surface area contributed by atoms with Crippen LogP contribution in [0.5, 0.6) is 11.5 Å². The predicted octanol–water partition coefficient (Wildman–Crippen LogP) is 2.86. The maximum absolute atomic E-state index is 12.7. The van der Waals surface area contributed by atoms with E-state index in [1.807, 2.05) is 6.92 Å². The molecular weight excluding hydrogens is 294 g/mol. The van der Waals surface area contributed by atoms with Crippen molar-refractivity contribution in [1.29, 1.82) is 0 Å². The number of phenols is 1. The highest BCUT2D eigenvalue weighted by atomic mass is 16.5. The largest absolute Gasteiger partial charge is 0.506 e. The predicted molar refractivity (Wildman–Crippen MR) is 87.2 cm³/mol. The number of pyridine rings is 1. The van der Waals surface area contributed by atoms with Gasteiger partial charge in [0.1, 0.15) is 11.4 Å². The number of hydrogen-bond acceptors (Lipinski definition) is 4. The molecule has 0 radical (unpaired) electrons. The number of phenolic OH excluding ortho intramolecular Hbond substituents is 1. The van der Waals surface area contributed by atoms with Gasteiger partial charge < -0.3 is 15.2 Å². The smallest absolute Gasteiger partial charge is 0.274 e. The van der Waals surface area contributed by atoms with Gasteiger partial charge in [-0.05, 0) is 30.7 Å². The number of aryl methyl sites for hydroxylation is 1. The Labute approximate surface area is 133 Å². The van der Waals surface area contributed by atoms with Crippen molar-refractivity contribution in [2.24, 2.45) is 0 Å². The molecule has 0 aliphatic carbocycles. The Morgan fingerprint density at radius 2 is 2.09 bits per heavy atom. The number of nitrogens with zero attached hydrogens (tertiary/aromatic N) is 2. The van der Waals surface area contributed by atoms with Crippen molar-refractivity contribution in [3.05, 3.63) is 54.0 Å². The van der Waals surface area contributed by atoms with E-state index in [1.54, 1.807) is 48.0 Å². The van der Waals surface area contributed by atoms with Crippen molar-refractivity contribution >= 4 is 17.2 Å². The summed E-state index contributed by atoms with van der Waals surface area (Å²) in [4.78, 5) is 17.2. The first-order valence-electron chi connectivity index (χ1n) is 7.29. The Morgan fingerprint density at radius 3 is 2.78 bits per heavy atom. The molecule has 0 saturated heterocycles. The monoisotopic (exact) mass is 311 g/mol. The highest BCUT2D eigenvalue weighted by molar-refractivity contribution is 6.05. The number of ether oxygens (including phenoxy) is 1. The van der Waals surface area contributed by atoms with Gasteiger partial charge in [0, 0.05) is 6.20 Å². The van der Waals surface area contributed by atoms with Gasteiger partial charge in [-0.3, -0.25) is 9.20 Å². The third-order valence-corrected chi connectivity index (χ3v) is 3.61. The maximum atomic E-state index is 12.7. The Hall–Kier alpha value is -3.02. The quantitative estimate of drug-likeness (QED) is 0.726. The lowest BCUT2D eigenvalue weighted by atomic mass is 10.2. The van der Waals surface area contributed by atoms with Crippen molar-refractivity contribution < 1.29 is 14.6 Å². The number of benzene rings is 1. The number of aromatic hydroxyl groups is 1. The molecule has 0 saturated carbocycles. The molecular formula is C17H17N3O3. The summed E-state index contributed by atoms with van der Waals surface area (Å²) in [5, 5.41) is 12.5. The second-order valence-electron chi connectivity index (χ2n) is 5.00. The van der Waals surface area contributed by atoms with Crippen LogP contribution in [0.4, 0.5) is 5.69 Å². The summed E-state index contributed by atoms with van der Waals surface area (Å²) >= 11 is 0. The minimum atomic E-state index is -0.330. The molecule has 6 nitrogen and oxygen atoms in total. The number of para-hydroxylation sites is 2. The van der Waals surface area contributed by atoms with Gasteiger partial charge in [0.25, 0.3) is 5.91 Å². The van der Waals surface area contributed by atoms with Gasteiger partial charge in [-0.1, -0.05) is 19.1 Å². The third kappa shape index (κ3) is 2.59. The molecule has 0 spiro atoms. The average molecular weight is 311 g/mol. The molecule has 0 unspecified atom stereocenters. The summed E-state index contributed by atoms with van der Waals surface area (Å²) in [6.45, 7) is 1.94. The zero-order valence-corrected chi connectivity index (χ0v) is 12.9. The number of nitrogens with one attached hydrogen (secondary N) is 1. The van der Waals surface area contributed by atoms with E-state index in [9.17, 15) is 9.90 Å². The Bertz CT molecular complexity index is 871. The lowest BCUT2D eigenvalue weighted by molar-refractivity contribution is 0.102. The van der Waals surface area contributed by atoms with Crippen LogP contribution in [0.1, 0.15) is 23.1 Å². The van der Waals surface area contributed by atoms with Crippen LogP contribution in [-0.4, -0.2) is 27.5 Å². The van der Waals surface area contributed by atoms with E-state index in [4.69, 9.17) is 4.74 Å². The molecule has 0 aliphatic rings. The molecule has 2 aromatic heterocycles. The molecule has 23 heavy (non-hydrogen) atoms. The maximum Gasteiger partial charge on any atom is 0.274 e. The fraction of sp³-hybridized carbons (Fsp3) is 0.176. The van der Waals surface area contributed by atoms with Gasteiger partial charge in [0.05, 0.1) is 18.5 Å². The molecule has 3 rings (SSSR count). The number of hydrogen-bond donors (Lipinski definition) is 2. The first-order valence-corrected chi connectivity index (χ1v) is 7.29. The van der Waals surface area contributed by atoms with Crippen LogP contribution in [0.15, 0.2) is 42.6 Å². The van der Waals surface area contributed by atoms with Crippen molar-refractivity contribution in [3.63, 3.8) is 0 Å². The molecule has 6 heteroatoms. The molecule has 0 bridgehead atoms. The topological polar surface area (TPSA) is 75.9 Å². The first-order chi connectivity index (χ1) is 11.2. The number of aromatic nitrogens is 2. The first kappa shape index (κ1) is 14.9. The Morgan fingerprint density at radius 1 is 1.30 bits per heavy atom. The lowest BCUT2D eigenvalue weighted by Gasteiger charge is -2.08. The average Bonchev–Trinajstić information content (AvgIpc) is 2.95. The van der Waals surface area contributed by atoms with Crippen molar-refractivity contribution in [1.82, 2.24) is 9.38 Å². The van der Waals surface area contributed by atoms with E-state index in [1.165, 1.54) is 6.07 Å². The van der Waals surface area contributed by atoms with Crippen LogP contribution >= 0.6 is 0 Å². The molecule has 1 aromatic carbocycles. The summed E-state index contributed by atoms with van der Waals surface area (Å²) in [6, 6.07) is 10.2. The van der Waals surface area contributed by atoms with Gasteiger partial charge >= 0.3 is 0 Å². The van der Waals surface area contributed by atoms with E-state index in [0.29, 0.717) is 34.9 Å². The summed E-state index contributed by atoms with van der Waals surface area (Å²) in [6.07, 6.45) is 2.37.